The molecule has 1 aromatic rings. The maximum atomic E-state index is 14.3. The topological polar surface area (TPSA) is 81.2 Å². The second-order valence-electron chi connectivity index (χ2n) is 11.4. The van der Waals surface area contributed by atoms with Crippen LogP contribution in [0.2, 0.25) is 0 Å². The molecular formula is C30H39N3O4S. The summed E-state index contributed by atoms with van der Waals surface area (Å²) in [7, 11) is 0. The molecule has 1 N–H and O–H groups in total. The number of amides is 3. The summed E-state index contributed by atoms with van der Waals surface area (Å²) in [5.74, 6) is -1.64. The molecule has 7 atom stereocenters. The quantitative estimate of drug-likeness (QED) is 0.540. The molecule has 4 heterocycles. The Labute approximate surface area is 229 Å². The molecule has 2 saturated heterocycles. The van der Waals surface area contributed by atoms with E-state index in [9.17, 15) is 19.5 Å². The Morgan fingerprint density at radius 1 is 0.974 bits per heavy atom. The first kappa shape index (κ1) is 27.0. The van der Waals surface area contributed by atoms with Crippen LogP contribution in [0, 0.1) is 11.8 Å². The third kappa shape index (κ3) is 4.11. The van der Waals surface area contributed by atoms with E-state index in [-0.39, 0.29) is 30.4 Å². The number of carbonyl (C=O) groups excluding carboxylic acids is 3. The molecule has 0 aromatic heterocycles. The zero-order valence-electron chi connectivity index (χ0n) is 22.7. The van der Waals surface area contributed by atoms with Gasteiger partial charge in [-0.1, -0.05) is 68.0 Å². The van der Waals surface area contributed by atoms with E-state index in [1.54, 1.807) is 23.6 Å². The highest BCUT2D eigenvalue weighted by atomic mass is 32.2. The number of rotatable bonds is 7. The predicted octanol–water partition coefficient (Wildman–Crippen LogP) is 3.24. The molecule has 0 aliphatic carbocycles. The summed E-state index contributed by atoms with van der Waals surface area (Å²) < 4.78 is -1.52. The minimum Gasteiger partial charge on any atom is -0.394 e. The zero-order valence-corrected chi connectivity index (χ0v) is 23.6. The molecule has 5 rings (SSSR count). The second kappa shape index (κ2) is 10.2. The van der Waals surface area contributed by atoms with E-state index in [1.165, 1.54) is 0 Å². The van der Waals surface area contributed by atoms with E-state index in [2.05, 4.69) is 19.9 Å². The van der Waals surface area contributed by atoms with Crippen LogP contribution in [-0.4, -0.2) is 84.8 Å². The Kier molecular flexibility index (Phi) is 7.24. The molecule has 0 saturated carbocycles. The van der Waals surface area contributed by atoms with Gasteiger partial charge in [0.25, 0.3) is 0 Å². The van der Waals surface area contributed by atoms with Crippen molar-refractivity contribution in [2.75, 3.05) is 19.7 Å². The molecule has 2 unspecified atom stereocenters. The minimum absolute atomic E-state index is 0.0306. The summed E-state index contributed by atoms with van der Waals surface area (Å²) in [5.41, 5.74) is 1.04. The van der Waals surface area contributed by atoms with Crippen molar-refractivity contribution in [1.82, 2.24) is 14.7 Å². The fourth-order valence-electron chi connectivity index (χ4n) is 7.01. The maximum absolute atomic E-state index is 14.3. The smallest absolute Gasteiger partial charge is 0.247 e. The van der Waals surface area contributed by atoms with Crippen LogP contribution in [0.5, 0.6) is 0 Å². The van der Waals surface area contributed by atoms with Crippen LogP contribution in [0.4, 0.5) is 0 Å². The third-order valence-corrected chi connectivity index (χ3v) is 10.6. The van der Waals surface area contributed by atoms with Crippen molar-refractivity contribution in [3.8, 4) is 0 Å². The lowest BCUT2D eigenvalue weighted by Gasteiger charge is -2.40. The number of carbonyl (C=O) groups is 3. The van der Waals surface area contributed by atoms with Gasteiger partial charge in [0, 0.05) is 30.4 Å². The number of likely N-dealkylation sites (tertiary alicyclic amines) is 1. The fraction of sp³-hybridized carbons (Fsp3) is 0.567. The monoisotopic (exact) mass is 537 g/mol. The van der Waals surface area contributed by atoms with Crippen LogP contribution >= 0.6 is 11.8 Å². The Morgan fingerprint density at radius 2 is 1.68 bits per heavy atom. The molecule has 38 heavy (non-hydrogen) atoms. The largest absolute Gasteiger partial charge is 0.394 e. The number of hydrogen-bond acceptors (Lipinski definition) is 5. The molecule has 0 bridgehead atoms. The average Bonchev–Trinajstić information content (AvgIpc) is 3.18. The third-order valence-electron chi connectivity index (χ3n) is 8.80. The summed E-state index contributed by atoms with van der Waals surface area (Å²) >= 11 is 1.59. The van der Waals surface area contributed by atoms with E-state index in [0.717, 1.165) is 18.4 Å². The first-order valence-corrected chi connectivity index (χ1v) is 14.6. The minimum atomic E-state index is -0.881. The Balaban J connectivity index is 1.59. The molecule has 4 aliphatic heterocycles. The highest BCUT2D eigenvalue weighted by Gasteiger charge is 2.74. The zero-order chi connectivity index (χ0) is 27.2. The van der Waals surface area contributed by atoms with E-state index >= 15 is 0 Å². The van der Waals surface area contributed by atoms with Crippen molar-refractivity contribution >= 4 is 29.5 Å². The highest BCUT2D eigenvalue weighted by Crippen LogP contribution is 2.65. The molecular weight excluding hydrogens is 498 g/mol. The van der Waals surface area contributed by atoms with Crippen LogP contribution in [-0.2, 0) is 20.9 Å². The van der Waals surface area contributed by atoms with Crippen molar-refractivity contribution < 1.29 is 19.5 Å². The van der Waals surface area contributed by atoms with E-state index in [4.69, 9.17) is 0 Å². The number of aliphatic hydroxyl groups is 1. The van der Waals surface area contributed by atoms with E-state index < -0.39 is 33.4 Å². The summed E-state index contributed by atoms with van der Waals surface area (Å²) in [4.78, 5) is 48.2. The van der Waals surface area contributed by atoms with Gasteiger partial charge in [-0.15, -0.1) is 11.8 Å². The lowest BCUT2D eigenvalue weighted by Crippen LogP contribution is -2.57. The number of benzene rings is 1. The summed E-state index contributed by atoms with van der Waals surface area (Å²) in [6.07, 6.45) is 10.0. The van der Waals surface area contributed by atoms with Crippen molar-refractivity contribution in [3.05, 3.63) is 60.2 Å². The fourth-order valence-corrected chi connectivity index (χ4v) is 9.15. The van der Waals surface area contributed by atoms with Gasteiger partial charge in [0.2, 0.25) is 17.7 Å². The Bertz CT molecular complexity index is 1160. The summed E-state index contributed by atoms with van der Waals surface area (Å²) in [5, 5.41) is 10.1. The van der Waals surface area contributed by atoms with Crippen LogP contribution in [0.3, 0.4) is 0 Å². The van der Waals surface area contributed by atoms with Gasteiger partial charge in [-0.2, -0.15) is 0 Å². The van der Waals surface area contributed by atoms with Gasteiger partial charge in [-0.25, -0.2) is 0 Å². The number of hydrogen-bond donors (Lipinski definition) is 1. The van der Waals surface area contributed by atoms with Crippen molar-refractivity contribution in [1.29, 1.82) is 0 Å². The molecule has 7 nitrogen and oxygen atoms in total. The van der Waals surface area contributed by atoms with Gasteiger partial charge < -0.3 is 19.8 Å². The van der Waals surface area contributed by atoms with E-state index in [0.29, 0.717) is 19.6 Å². The molecule has 8 heteroatoms. The van der Waals surface area contributed by atoms with E-state index in [1.807, 2.05) is 65.3 Å². The van der Waals surface area contributed by atoms with Gasteiger partial charge in [0.15, 0.2) is 0 Å². The van der Waals surface area contributed by atoms with Gasteiger partial charge >= 0.3 is 0 Å². The van der Waals surface area contributed by atoms with Crippen LogP contribution in [0.25, 0.3) is 0 Å². The molecule has 2 fully saturated rings. The predicted molar refractivity (Wildman–Crippen MR) is 149 cm³/mol. The molecule has 3 amide bonds. The Morgan fingerprint density at radius 3 is 2.37 bits per heavy atom. The first-order chi connectivity index (χ1) is 18.2. The molecule has 1 spiro atoms. The van der Waals surface area contributed by atoms with Crippen LogP contribution < -0.4 is 0 Å². The maximum Gasteiger partial charge on any atom is 0.247 e. The SMILES string of the molecule is CCCC(C)N1CC=C[C@]23S[C@]4(C)C=CCN(Cc5ccccc5)C(=O)[C@@H]4[C@H]2C(=O)N([C@H](C)CO)C3C1=O. The Hall–Kier alpha value is -2.58. The number of nitrogens with zero attached hydrogens (tertiary/aromatic N) is 3. The lowest BCUT2D eigenvalue weighted by molar-refractivity contribution is -0.147. The van der Waals surface area contributed by atoms with Crippen molar-refractivity contribution in [3.63, 3.8) is 0 Å². The van der Waals surface area contributed by atoms with Gasteiger partial charge in [-0.3, -0.25) is 14.4 Å². The second-order valence-corrected chi connectivity index (χ2v) is 13.2. The molecule has 1 aromatic carbocycles. The molecule has 204 valence electrons. The van der Waals surface area contributed by atoms with Gasteiger partial charge in [0.1, 0.15) is 6.04 Å². The average molecular weight is 538 g/mol. The number of fused-ring (bicyclic) bond motifs is 2. The highest BCUT2D eigenvalue weighted by molar-refractivity contribution is 8.02. The lowest BCUT2D eigenvalue weighted by atomic mass is 9.74. The van der Waals surface area contributed by atoms with Gasteiger partial charge in [-0.05, 0) is 32.8 Å². The number of thioether (sulfide) groups is 1. The van der Waals surface area contributed by atoms with Gasteiger partial charge in [0.05, 0.1) is 29.2 Å². The van der Waals surface area contributed by atoms with Crippen molar-refractivity contribution in [2.45, 2.75) is 74.7 Å². The number of aliphatic hydroxyl groups excluding tert-OH is 1. The van der Waals surface area contributed by atoms with Crippen molar-refractivity contribution in [2.24, 2.45) is 11.8 Å². The summed E-state index contributed by atoms with van der Waals surface area (Å²) in [6.45, 7) is 9.17. The normalized spacial score (nSPS) is 34.1. The summed E-state index contributed by atoms with van der Waals surface area (Å²) in [6, 6.07) is 8.63. The standard InChI is InChI=1S/C30H39N3O4S/c1-5-11-20(2)32-17-10-15-30-24(27(36)33(21(3)19-34)25(30)28(32)37)23-26(35)31(16-9-14-29(23,4)38-30)18-22-12-7-6-8-13-22/h6-10,12-15,20-21,23-25,34H,5,11,16-19H2,1-4H3/t20?,21-,23+,24+,25?,29-,30+/m1/s1. The molecule has 4 aliphatic rings. The molecule has 0 radical (unpaired) electrons. The first-order valence-electron chi connectivity index (χ1n) is 13.8. The van der Waals surface area contributed by atoms with Crippen LogP contribution in [0.1, 0.15) is 46.1 Å². The van der Waals surface area contributed by atoms with Crippen LogP contribution in [0.15, 0.2) is 54.6 Å².